The Balaban J connectivity index is 1.44. The summed E-state index contributed by atoms with van der Waals surface area (Å²) in [5.74, 6) is 0.987. The van der Waals surface area contributed by atoms with Crippen LogP contribution in [-0.2, 0) is 7.05 Å². The number of carbonyl (C=O) groups excluding carboxylic acids is 1. The third-order valence-corrected chi connectivity index (χ3v) is 5.27. The van der Waals surface area contributed by atoms with Gasteiger partial charge in [0.25, 0.3) is 12.3 Å². The van der Waals surface area contributed by atoms with E-state index in [0.29, 0.717) is 18.7 Å². The highest BCUT2D eigenvalue weighted by Crippen LogP contribution is 2.34. The van der Waals surface area contributed by atoms with Crippen LogP contribution < -0.4 is 4.90 Å². The van der Waals surface area contributed by atoms with Crippen molar-refractivity contribution in [2.24, 2.45) is 18.9 Å². The van der Waals surface area contributed by atoms with Gasteiger partial charge in [-0.15, -0.1) is 0 Å². The van der Waals surface area contributed by atoms with Gasteiger partial charge in [-0.3, -0.25) is 9.48 Å². The van der Waals surface area contributed by atoms with Crippen LogP contribution in [0.4, 0.5) is 14.6 Å². The van der Waals surface area contributed by atoms with Gasteiger partial charge in [-0.25, -0.2) is 13.8 Å². The van der Waals surface area contributed by atoms with Crippen molar-refractivity contribution in [1.82, 2.24) is 19.7 Å². The maximum atomic E-state index is 13.1. The lowest BCUT2D eigenvalue weighted by molar-refractivity contribution is 0.0769. The van der Waals surface area contributed by atoms with Gasteiger partial charge in [-0.1, -0.05) is 0 Å². The van der Waals surface area contributed by atoms with E-state index in [1.807, 2.05) is 12.1 Å². The highest BCUT2D eigenvalue weighted by atomic mass is 19.3. The fourth-order valence-electron chi connectivity index (χ4n) is 3.99. The van der Waals surface area contributed by atoms with Crippen molar-refractivity contribution < 1.29 is 13.6 Å². The second-order valence-corrected chi connectivity index (χ2v) is 7.05. The molecule has 9 heteroatoms. The van der Waals surface area contributed by atoms with Crippen molar-refractivity contribution in [3.8, 4) is 6.07 Å². The summed E-state index contributed by atoms with van der Waals surface area (Å²) in [6, 6.07) is 5.61. The first-order chi connectivity index (χ1) is 13.0. The Bertz CT molecular complexity index is 890. The number of nitrogens with zero attached hydrogens (tertiary/aromatic N) is 6. The Labute approximate surface area is 154 Å². The molecular formula is C18H18F2N6O. The van der Waals surface area contributed by atoms with E-state index in [1.54, 1.807) is 17.2 Å². The molecule has 0 saturated carbocycles. The minimum absolute atomic E-state index is 0.0157. The molecule has 7 nitrogen and oxygen atoms in total. The highest BCUT2D eigenvalue weighted by molar-refractivity contribution is 5.95. The first-order valence-electron chi connectivity index (χ1n) is 8.68. The zero-order valence-corrected chi connectivity index (χ0v) is 14.7. The molecule has 2 aliphatic heterocycles. The minimum atomic E-state index is -2.77. The van der Waals surface area contributed by atoms with Crippen LogP contribution in [0.5, 0.6) is 0 Å². The van der Waals surface area contributed by atoms with E-state index in [1.165, 1.54) is 17.9 Å². The molecule has 1 amide bonds. The van der Waals surface area contributed by atoms with Gasteiger partial charge in [0.05, 0.1) is 11.1 Å². The zero-order chi connectivity index (χ0) is 19.1. The molecule has 4 rings (SSSR count). The molecule has 140 valence electrons. The quantitative estimate of drug-likeness (QED) is 0.822. The minimum Gasteiger partial charge on any atom is -0.356 e. The van der Waals surface area contributed by atoms with Crippen LogP contribution in [0, 0.1) is 23.2 Å². The normalized spacial score (nSPS) is 21.6. The highest BCUT2D eigenvalue weighted by Gasteiger charge is 2.43. The fourth-order valence-corrected chi connectivity index (χ4v) is 3.99. The zero-order valence-electron chi connectivity index (χ0n) is 14.7. The molecule has 27 heavy (non-hydrogen) atoms. The number of rotatable bonds is 3. The molecule has 0 aromatic carbocycles. The number of amides is 1. The molecule has 2 aromatic rings. The van der Waals surface area contributed by atoms with E-state index >= 15 is 0 Å². The number of hydrogen-bond acceptors (Lipinski definition) is 5. The van der Waals surface area contributed by atoms with Crippen LogP contribution >= 0.6 is 0 Å². The molecule has 2 fully saturated rings. The van der Waals surface area contributed by atoms with Gasteiger partial charge in [0.15, 0.2) is 0 Å². The SMILES string of the molecule is Cn1cc(C(=O)N2CC3CN(c4ccc(C#N)cn4)CC3C2)c(C(F)F)n1. The molecule has 0 N–H and O–H groups in total. The number of carbonyl (C=O) groups is 1. The first kappa shape index (κ1) is 17.4. The predicted molar refractivity (Wildman–Crippen MR) is 92.2 cm³/mol. The number of hydrogen-bond donors (Lipinski definition) is 0. The molecule has 2 atom stereocenters. The Morgan fingerprint density at radius 1 is 1.26 bits per heavy atom. The number of nitriles is 1. The van der Waals surface area contributed by atoms with E-state index in [2.05, 4.69) is 15.0 Å². The van der Waals surface area contributed by atoms with Crippen LogP contribution in [0.25, 0.3) is 0 Å². The van der Waals surface area contributed by atoms with Gasteiger partial charge < -0.3 is 9.80 Å². The topological polar surface area (TPSA) is 78.0 Å². The van der Waals surface area contributed by atoms with Crippen LogP contribution in [0.15, 0.2) is 24.5 Å². The molecule has 4 heterocycles. The number of aryl methyl sites for hydroxylation is 1. The number of aromatic nitrogens is 3. The molecule has 2 aromatic heterocycles. The second-order valence-electron chi connectivity index (χ2n) is 7.05. The number of pyridine rings is 1. The van der Waals surface area contributed by atoms with Crippen molar-refractivity contribution >= 4 is 11.7 Å². The average molecular weight is 372 g/mol. The van der Waals surface area contributed by atoms with Crippen molar-refractivity contribution in [3.05, 3.63) is 41.3 Å². The summed E-state index contributed by atoms with van der Waals surface area (Å²) in [5, 5.41) is 12.6. The van der Waals surface area contributed by atoms with E-state index in [4.69, 9.17) is 5.26 Å². The Hall–Kier alpha value is -3.02. The van der Waals surface area contributed by atoms with Gasteiger partial charge in [-0.2, -0.15) is 10.4 Å². The lowest BCUT2D eigenvalue weighted by Gasteiger charge is -2.22. The number of alkyl halides is 2. The molecule has 0 spiro atoms. The first-order valence-corrected chi connectivity index (χ1v) is 8.68. The summed E-state index contributed by atoms with van der Waals surface area (Å²) < 4.78 is 27.5. The molecule has 2 aliphatic rings. The molecule has 0 bridgehead atoms. The van der Waals surface area contributed by atoms with Gasteiger partial charge in [0.2, 0.25) is 0 Å². The average Bonchev–Trinajstić information content (AvgIpc) is 3.33. The molecule has 2 saturated heterocycles. The maximum absolute atomic E-state index is 13.1. The predicted octanol–water partition coefficient (Wildman–Crippen LogP) is 1.83. The number of anilines is 1. The van der Waals surface area contributed by atoms with Crippen molar-refractivity contribution in [2.45, 2.75) is 6.43 Å². The van der Waals surface area contributed by atoms with Gasteiger partial charge in [0, 0.05) is 57.5 Å². The fraction of sp³-hybridized carbons (Fsp3) is 0.444. The number of likely N-dealkylation sites (tertiary alicyclic amines) is 1. The van der Waals surface area contributed by atoms with E-state index in [-0.39, 0.29) is 23.3 Å². The van der Waals surface area contributed by atoms with Crippen molar-refractivity contribution in [2.75, 3.05) is 31.1 Å². The molecule has 0 radical (unpaired) electrons. The monoisotopic (exact) mass is 372 g/mol. The van der Waals surface area contributed by atoms with Crippen LogP contribution in [0.2, 0.25) is 0 Å². The van der Waals surface area contributed by atoms with Crippen LogP contribution in [-0.4, -0.2) is 51.8 Å². The summed E-state index contributed by atoms with van der Waals surface area (Å²) >= 11 is 0. The summed E-state index contributed by atoms with van der Waals surface area (Å²) in [7, 11) is 1.53. The molecule has 0 aliphatic carbocycles. The molecule has 2 unspecified atom stereocenters. The summed E-state index contributed by atoms with van der Waals surface area (Å²) in [6.45, 7) is 2.58. The third-order valence-electron chi connectivity index (χ3n) is 5.27. The largest absolute Gasteiger partial charge is 0.356 e. The van der Waals surface area contributed by atoms with Gasteiger partial charge >= 0.3 is 0 Å². The third kappa shape index (κ3) is 3.12. The van der Waals surface area contributed by atoms with E-state index in [0.717, 1.165) is 18.9 Å². The van der Waals surface area contributed by atoms with Crippen LogP contribution in [0.3, 0.4) is 0 Å². The lowest BCUT2D eigenvalue weighted by Crippen LogP contribution is -2.33. The Kier molecular flexibility index (Phi) is 4.26. The lowest BCUT2D eigenvalue weighted by atomic mass is 10.0. The Morgan fingerprint density at radius 2 is 1.96 bits per heavy atom. The number of fused-ring (bicyclic) bond motifs is 1. The second kappa shape index (κ2) is 6.61. The van der Waals surface area contributed by atoms with Gasteiger partial charge in [0.1, 0.15) is 17.6 Å². The van der Waals surface area contributed by atoms with E-state index in [9.17, 15) is 13.6 Å². The van der Waals surface area contributed by atoms with Crippen molar-refractivity contribution in [1.29, 1.82) is 5.26 Å². The van der Waals surface area contributed by atoms with Crippen molar-refractivity contribution in [3.63, 3.8) is 0 Å². The van der Waals surface area contributed by atoms with E-state index < -0.39 is 12.1 Å². The standard InChI is InChI=1S/C18H18F2N6O/c1-24-10-14(16(23-24)17(19)20)18(27)26-8-12-6-25(7-13(12)9-26)15-3-2-11(4-21)5-22-15/h2-3,5,10,12-13,17H,6-9H2,1H3. The smallest absolute Gasteiger partial charge is 0.282 e. The number of halogens is 2. The summed E-state index contributed by atoms with van der Waals surface area (Å²) in [6.07, 6.45) is 0.142. The summed E-state index contributed by atoms with van der Waals surface area (Å²) in [4.78, 5) is 20.8. The summed E-state index contributed by atoms with van der Waals surface area (Å²) in [5.41, 5.74) is 0.0438. The van der Waals surface area contributed by atoms with Crippen LogP contribution in [0.1, 0.15) is 28.0 Å². The van der Waals surface area contributed by atoms with Gasteiger partial charge in [-0.05, 0) is 12.1 Å². The maximum Gasteiger partial charge on any atom is 0.282 e. The molecular weight excluding hydrogens is 354 g/mol. The Morgan fingerprint density at radius 3 is 2.52 bits per heavy atom.